The van der Waals surface area contributed by atoms with Crippen LogP contribution in [0.25, 0.3) is 0 Å². The highest BCUT2D eigenvalue weighted by molar-refractivity contribution is 5.93. The van der Waals surface area contributed by atoms with E-state index in [4.69, 9.17) is 5.73 Å². The average Bonchev–Trinajstić information content (AvgIpc) is 2.96. The van der Waals surface area contributed by atoms with Gasteiger partial charge < -0.3 is 20.7 Å². The van der Waals surface area contributed by atoms with Gasteiger partial charge in [0.1, 0.15) is 0 Å². The van der Waals surface area contributed by atoms with Gasteiger partial charge in [0.25, 0.3) is 5.91 Å². The average molecular weight is 275 g/mol. The van der Waals surface area contributed by atoms with Crippen LogP contribution in [0, 0.1) is 10.1 Å². The van der Waals surface area contributed by atoms with Gasteiger partial charge in [-0.25, -0.2) is 4.98 Å². The van der Waals surface area contributed by atoms with Gasteiger partial charge in [0.05, 0.1) is 0 Å². The number of carbonyl (C=O) groups excluding carboxylic acids is 1. The van der Waals surface area contributed by atoms with Crippen LogP contribution in [0.2, 0.25) is 0 Å². The zero-order chi connectivity index (χ0) is 12.4. The van der Waals surface area contributed by atoms with E-state index >= 15 is 0 Å². The van der Waals surface area contributed by atoms with Crippen molar-refractivity contribution >= 4 is 24.1 Å². The molecule has 0 aromatic carbocycles. The molecule has 8 heteroatoms. The quantitative estimate of drug-likeness (QED) is 0.631. The van der Waals surface area contributed by atoms with Gasteiger partial charge in [0.2, 0.25) is 0 Å². The molecule has 1 aliphatic heterocycles. The zero-order valence-electron chi connectivity index (χ0n) is 9.67. The highest BCUT2D eigenvalue weighted by atomic mass is 35.5. The summed E-state index contributed by atoms with van der Waals surface area (Å²) in [6, 6.07) is 2.78. The molecule has 1 unspecified atom stereocenters. The first-order chi connectivity index (χ1) is 8.13. The number of nitrogens with two attached hydrogens (primary N) is 1. The summed E-state index contributed by atoms with van der Waals surface area (Å²) in [5.74, 6) is -0.386. The Kier molecular flexibility index (Phi) is 4.69. The van der Waals surface area contributed by atoms with E-state index in [1.165, 1.54) is 12.1 Å². The van der Waals surface area contributed by atoms with E-state index < -0.39 is 4.92 Å². The maximum absolute atomic E-state index is 12.1. The highest BCUT2D eigenvalue weighted by Gasteiger charge is 2.30. The summed E-state index contributed by atoms with van der Waals surface area (Å²) < 4.78 is 0. The van der Waals surface area contributed by atoms with E-state index in [9.17, 15) is 14.9 Å². The van der Waals surface area contributed by atoms with Crippen molar-refractivity contribution in [2.24, 2.45) is 5.73 Å². The monoisotopic (exact) mass is 274 g/mol. The van der Waals surface area contributed by atoms with Crippen LogP contribution in [0.4, 0.5) is 5.82 Å². The highest BCUT2D eigenvalue weighted by Crippen LogP contribution is 2.20. The predicted molar refractivity (Wildman–Crippen MR) is 67.8 cm³/mol. The van der Waals surface area contributed by atoms with E-state index in [1.54, 1.807) is 4.90 Å². The minimum atomic E-state index is -0.554. The van der Waals surface area contributed by atoms with Crippen LogP contribution >= 0.6 is 12.4 Å². The molecule has 1 fully saturated rings. The predicted octanol–water partition coefficient (Wildman–Crippen LogP) is 0.908. The lowest BCUT2D eigenvalue weighted by atomic mass is 10.2. The Hall–Kier alpha value is -1.60. The van der Waals surface area contributed by atoms with Gasteiger partial charge in [0, 0.05) is 25.2 Å². The fourth-order valence-electron chi connectivity index (χ4n) is 2.12. The van der Waals surface area contributed by atoms with Gasteiger partial charge in [-0.1, -0.05) is 0 Å². The molecule has 100 valence electrons. The molecule has 18 heavy (non-hydrogen) atoms. The second-order valence-corrected chi connectivity index (χ2v) is 4.04. The summed E-state index contributed by atoms with van der Waals surface area (Å²) >= 11 is 0. The maximum atomic E-state index is 12.1. The van der Waals surface area contributed by atoms with Crippen molar-refractivity contribution < 1.29 is 9.72 Å². The number of likely N-dealkylation sites (tertiary alicyclic amines) is 1. The summed E-state index contributed by atoms with van der Waals surface area (Å²) in [5.41, 5.74) is 5.83. The molecule has 2 rings (SSSR count). The smallest absolute Gasteiger partial charge is 0.321 e. The largest absolute Gasteiger partial charge is 0.358 e. The van der Waals surface area contributed by atoms with E-state index in [0.717, 1.165) is 12.8 Å². The fourth-order valence-corrected chi connectivity index (χ4v) is 2.12. The molecule has 0 bridgehead atoms. The topological polar surface area (TPSA) is 105 Å². The number of hydrogen-bond donors (Lipinski definition) is 2. The van der Waals surface area contributed by atoms with E-state index in [2.05, 4.69) is 4.98 Å². The van der Waals surface area contributed by atoms with E-state index in [1.807, 2.05) is 0 Å². The summed E-state index contributed by atoms with van der Waals surface area (Å²) in [5, 5.41) is 10.5. The van der Waals surface area contributed by atoms with Crippen LogP contribution in [0.3, 0.4) is 0 Å². The molecule has 1 atom stereocenters. The number of rotatable bonds is 3. The normalized spacial score (nSPS) is 18.5. The standard InChI is InChI=1S/C10H14N4O3.ClH/c11-6-7-2-1-5-13(7)10(15)8-3-4-9(12-8)14(16)17;/h3-4,7,12H,1-2,5-6,11H2;1H. The SMILES string of the molecule is Cl.NCC1CCCN1C(=O)c1ccc([N+](=O)[O-])[nH]1. The summed E-state index contributed by atoms with van der Waals surface area (Å²) in [7, 11) is 0. The van der Waals surface area contributed by atoms with Gasteiger partial charge in [-0.3, -0.25) is 4.79 Å². The van der Waals surface area contributed by atoms with Gasteiger partial charge >= 0.3 is 5.82 Å². The Bertz CT molecular complexity index is 448. The van der Waals surface area contributed by atoms with Crippen LogP contribution in [-0.4, -0.2) is 39.8 Å². The van der Waals surface area contributed by atoms with Gasteiger partial charge in [0.15, 0.2) is 5.69 Å². The molecule has 0 aliphatic carbocycles. The molecule has 3 N–H and O–H groups in total. The number of nitro groups is 1. The molecule has 2 heterocycles. The van der Waals surface area contributed by atoms with E-state index in [0.29, 0.717) is 13.1 Å². The summed E-state index contributed by atoms with van der Waals surface area (Å²) in [4.78, 5) is 26.2. The number of hydrogen-bond acceptors (Lipinski definition) is 4. The second kappa shape index (κ2) is 5.83. The molecule has 1 aliphatic rings. The van der Waals surface area contributed by atoms with Crippen LogP contribution in [0.5, 0.6) is 0 Å². The molecule has 1 aromatic rings. The van der Waals surface area contributed by atoms with Crippen LogP contribution in [0.1, 0.15) is 23.3 Å². The van der Waals surface area contributed by atoms with Crippen molar-refractivity contribution in [2.75, 3.05) is 13.1 Å². The first kappa shape index (κ1) is 14.5. The number of nitrogens with one attached hydrogen (secondary N) is 1. The van der Waals surface area contributed by atoms with Crippen LogP contribution in [-0.2, 0) is 0 Å². The van der Waals surface area contributed by atoms with Crippen molar-refractivity contribution in [3.05, 3.63) is 27.9 Å². The molecule has 1 amide bonds. The lowest BCUT2D eigenvalue weighted by Gasteiger charge is -2.21. The van der Waals surface area contributed by atoms with Gasteiger partial charge in [-0.15, -0.1) is 12.4 Å². The van der Waals surface area contributed by atoms with Crippen LogP contribution < -0.4 is 5.73 Å². The number of aromatic nitrogens is 1. The minimum Gasteiger partial charge on any atom is -0.358 e. The Morgan fingerprint density at radius 1 is 1.61 bits per heavy atom. The number of H-pyrrole nitrogens is 1. The summed E-state index contributed by atoms with van der Waals surface area (Å²) in [6.45, 7) is 1.09. The molecule has 0 spiro atoms. The van der Waals surface area contributed by atoms with Crippen molar-refractivity contribution in [3.63, 3.8) is 0 Å². The Morgan fingerprint density at radius 2 is 2.33 bits per heavy atom. The lowest BCUT2D eigenvalue weighted by molar-refractivity contribution is -0.389. The van der Waals surface area contributed by atoms with Crippen molar-refractivity contribution in [3.8, 4) is 0 Å². The van der Waals surface area contributed by atoms with Crippen molar-refractivity contribution in [1.29, 1.82) is 0 Å². The number of nitrogens with zero attached hydrogens (tertiary/aromatic N) is 2. The minimum absolute atomic E-state index is 0. The summed E-state index contributed by atoms with van der Waals surface area (Å²) in [6.07, 6.45) is 1.82. The number of carbonyl (C=O) groups is 1. The third-order valence-electron chi connectivity index (χ3n) is 3.01. The molecular formula is C10H15ClN4O3. The third-order valence-corrected chi connectivity index (χ3v) is 3.01. The lowest BCUT2D eigenvalue weighted by Crippen LogP contribution is -2.40. The number of amides is 1. The van der Waals surface area contributed by atoms with Gasteiger partial charge in [-0.2, -0.15) is 0 Å². The number of halogens is 1. The number of aromatic amines is 1. The Labute approximate surface area is 110 Å². The molecule has 0 radical (unpaired) electrons. The Balaban J connectivity index is 0.00000162. The maximum Gasteiger partial charge on any atom is 0.321 e. The molecular weight excluding hydrogens is 260 g/mol. The van der Waals surface area contributed by atoms with Crippen LogP contribution in [0.15, 0.2) is 12.1 Å². The molecule has 7 nitrogen and oxygen atoms in total. The van der Waals surface area contributed by atoms with E-state index in [-0.39, 0.29) is 35.9 Å². The molecule has 1 aromatic heterocycles. The Morgan fingerprint density at radius 3 is 2.89 bits per heavy atom. The molecule has 1 saturated heterocycles. The zero-order valence-corrected chi connectivity index (χ0v) is 10.5. The third kappa shape index (κ3) is 2.62. The first-order valence-electron chi connectivity index (χ1n) is 5.48. The molecule has 0 saturated carbocycles. The van der Waals surface area contributed by atoms with Crippen molar-refractivity contribution in [1.82, 2.24) is 9.88 Å². The fraction of sp³-hybridized carbons (Fsp3) is 0.500. The van der Waals surface area contributed by atoms with Gasteiger partial charge in [-0.05, 0) is 23.8 Å². The van der Waals surface area contributed by atoms with Crippen molar-refractivity contribution in [2.45, 2.75) is 18.9 Å². The first-order valence-corrected chi connectivity index (χ1v) is 5.48. The second-order valence-electron chi connectivity index (χ2n) is 4.04.